The molecule has 0 bridgehead atoms. The van der Waals surface area contributed by atoms with Crippen LogP contribution < -0.4 is 5.32 Å². The van der Waals surface area contributed by atoms with Crippen LogP contribution in [0.25, 0.3) is 0 Å². The molecule has 1 amide bonds. The number of hydrogen-bond donors (Lipinski definition) is 2. The number of nitro benzene ring substituents is 1. The van der Waals surface area contributed by atoms with Crippen LogP contribution in [-0.2, 0) is 4.79 Å². The lowest BCUT2D eigenvalue weighted by molar-refractivity contribution is -0.384. The topological polar surface area (TPSA) is 105 Å². The van der Waals surface area contributed by atoms with E-state index in [9.17, 15) is 20.0 Å². The summed E-state index contributed by atoms with van der Waals surface area (Å²) in [5, 5.41) is 23.1. The molecule has 2 aromatic rings. The van der Waals surface area contributed by atoms with Gasteiger partial charge in [-0.15, -0.1) is 0 Å². The first-order valence-corrected chi connectivity index (χ1v) is 6.03. The zero-order valence-corrected chi connectivity index (χ0v) is 10.6. The summed E-state index contributed by atoms with van der Waals surface area (Å²) in [6, 6.07) is 10.4. The highest BCUT2D eigenvalue weighted by Gasteiger charge is 2.26. The summed E-state index contributed by atoms with van der Waals surface area (Å²) >= 11 is 0. The molecule has 2 N–H and O–H groups in total. The van der Waals surface area contributed by atoms with Gasteiger partial charge in [0.2, 0.25) is 0 Å². The number of non-ortho nitro benzene ring substituents is 1. The molecule has 104 valence electrons. The number of nitrogens with zero attached hydrogens (tertiary/aromatic N) is 2. The van der Waals surface area contributed by atoms with Gasteiger partial charge in [-0.1, -0.05) is 18.2 Å². The predicted octanol–water partition coefficient (Wildman–Crippen LogP) is 2.37. The molecular weight excluding hydrogens is 274 g/mol. The molecular formula is C14H9N3O4. The quantitative estimate of drug-likeness (QED) is 0.652. The summed E-state index contributed by atoms with van der Waals surface area (Å²) < 4.78 is 0. The Morgan fingerprint density at radius 3 is 2.71 bits per heavy atom. The SMILES string of the molecule is O=C1Nc2ccccc2C1=Nc1cc([N+](=O)[O-])ccc1O. The first-order valence-electron chi connectivity index (χ1n) is 6.03. The predicted molar refractivity (Wildman–Crippen MR) is 76.0 cm³/mol. The van der Waals surface area contributed by atoms with E-state index in [0.717, 1.165) is 6.07 Å². The van der Waals surface area contributed by atoms with Crippen LogP contribution in [0.15, 0.2) is 47.5 Å². The molecule has 2 aromatic carbocycles. The number of carbonyl (C=O) groups excluding carboxylic acids is 1. The minimum absolute atomic E-state index is 0.0222. The van der Waals surface area contributed by atoms with E-state index in [4.69, 9.17) is 0 Å². The number of aliphatic imine (C=N–C) groups is 1. The van der Waals surface area contributed by atoms with E-state index in [2.05, 4.69) is 10.3 Å². The third kappa shape index (κ3) is 2.20. The highest BCUT2D eigenvalue weighted by atomic mass is 16.6. The number of aromatic hydroxyl groups is 1. The summed E-state index contributed by atoms with van der Waals surface area (Å²) in [6.45, 7) is 0. The second kappa shape index (κ2) is 4.71. The number of amides is 1. The Kier molecular flexibility index (Phi) is 2.87. The Hall–Kier alpha value is -3.22. The number of fused-ring (bicyclic) bond motifs is 1. The van der Waals surface area contributed by atoms with Gasteiger partial charge in [0.05, 0.1) is 10.6 Å². The summed E-state index contributed by atoms with van der Waals surface area (Å²) in [4.78, 5) is 26.2. The average molecular weight is 283 g/mol. The Balaban J connectivity index is 2.12. The van der Waals surface area contributed by atoms with Gasteiger partial charge in [-0.25, -0.2) is 4.99 Å². The van der Waals surface area contributed by atoms with Crippen LogP contribution in [-0.4, -0.2) is 21.6 Å². The van der Waals surface area contributed by atoms with Crippen molar-refractivity contribution >= 4 is 28.7 Å². The van der Waals surface area contributed by atoms with Gasteiger partial charge in [-0.2, -0.15) is 0 Å². The number of para-hydroxylation sites is 1. The van der Waals surface area contributed by atoms with E-state index < -0.39 is 10.8 Å². The molecule has 1 aliphatic heterocycles. The lowest BCUT2D eigenvalue weighted by Crippen LogP contribution is -2.13. The molecule has 0 saturated carbocycles. The Bertz CT molecular complexity index is 799. The van der Waals surface area contributed by atoms with E-state index in [1.165, 1.54) is 12.1 Å². The number of nitro groups is 1. The van der Waals surface area contributed by atoms with Crippen molar-refractivity contribution in [3.8, 4) is 5.75 Å². The van der Waals surface area contributed by atoms with Crippen LogP contribution in [0.5, 0.6) is 5.75 Å². The molecule has 21 heavy (non-hydrogen) atoms. The van der Waals surface area contributed by atoms with E-state index in [-0.39, 0.29) is 22.8 Å². The highest BCUT2D eigenvalue weighted by Crippen LogP contribution is 2.33. The average Bonchev–Trinajstić information content (AvgIpc) is 2.77. The molecule has 0 aliphatic carbocycles. The van der Waals surface area contributed by atoms with Crippen LogP contribution in [0.1, 0.15) is 5.56 Å². The van der Waals surface area contributed by atoms with Crippen molar-refractivity contribution < 1.29 is 14.8 Å². The van der Waals surface area contributed by atoms with Crippen molar-refractivity contribution in [1.29, 1.82) is 0 Å². The normalized spacial score (nSPS) is 14.9. The number of phenols is 1. The number of benzene rings is 2. The largest absolute Gasteiger partial charge is 0.506 e. The minimum Gasteiger partial charge on any atom is -0.506 e. The van der Waals surface area contributed by atoms with Crippen LogP contribution in [0.2, 0.25) is 0 Å². The molecule has 0 atom stereocenters. The lowest BCUT2D eigenvalue weighted by Gasteiger charge is -2.01. The second-order valence-electron chi connectivity index (χ2n) is 4.39. The van der Waals surface area contributed by atoms with E-state index in [1.807, 2.05) is 0 Å². The van der Waals surface area contributed by atoms with Crippen molar-refractivity contribution in [2.24, 2.45) is 4.99 Å². The highest BCUT2D eigenvalue weighted by molar-refractivity contribution is 6.54. The maximum atomic E-state index is 11.9. The smallest absolute Gasteiger partial charge is 0.275 e. The van der Waals surface area contributed by atoms with Gasteiger partial charge >= 0.3 is 0 Å². The molecule has 7 nitrogen and oxygen atoms in total. The minimum atomic E-state index is -0.591. The van der Waals surface area contributed by atoms with Gasteiger partial charge in [0.1, 0.15) is 17.1 Å². The molecule has 0 saturated heterocycles. The Morgan fingerprint density at radius 1 is 1.19 bits per heavy atom. The fourth-order valence-electron chi connectivity index (χ4n) is 2.05. The summed E-state index contributed by atoms with van der Waals surface area (Å²) in [5.41, 5.74) is 1.09. The lowest BCUT2D eigenvalue weighted by atomic mass is 10.1. The van der Waals surface area contributed by atoms with E-state index >= 15 is 0 Å². The van der Waals surface area contributed by atoms with Crippen molar-refractivity contribution in [3.05, 3.63) is 58.1 Å². The molecule has 0 radical (unpaired) electrons. The standard InChI is InChI=1S/C14H9N3O4/c18-12-6-5-8(17(20)21)7-11(12)15-13-9-3-1-2-4-10(9)16-14(13)19/h1-7,18H,(H,15,16,19). The van der Waals surface area contributed by atoms with Crippen molar-refractivity contribution in [2.45, 2.75) is 0 Å². The van der Waals surface area contributed by atoms with Gasteiger partial charge in [0.15, 0.2) is 0 Å². The van der Waals surface area contributed by atoms with Crippen molar-refractivity contribution in [1.82, 2.24) is 0 Å². The van der Waals surface area contributed by atoms with Gasteiger partial charge in [0, 0.05) is 17.7 Å². The van der Waals surface area contributed by atoms with Crippen LogP contribution in [0.3, 0.4) is 0 Å². The van der Waals surface area contributed by atoms with Crippen molar-refractivity contribution in [2.75, 3.05) is 5.32 Å². The maximum absolute atomic E-state index is 11.9. The van der Waals surface area contributed by atoms with Gasteiger partial charge in [-0.05, 0) is 12.1 Å². The first kappa shape index (κ1) is 12.8. The third-order valence-electron chi connectivity index (χ3n) is 3.05. The molecule has 1 aliphatic rings. The van der Waals surface area contributed by atoms with Gasteiger partial charge < -0.3 is 10.4 Å². The van der Waals surface area contributed by atoms with Crippen LogP contribution >= 0.6 is 0 Å². The number of hydrogen-bond acceptors (Lipinski definition) is 5. The van der Waals surface area contributed by atoms with E-state index in [0.29, 0.717) is 11.3 Å². The zero-order chi connectivity index (χ0) is 15.0. The zero-order valence-electron chi connectivity index (χ0n) is 10.6. The Morgan fingerprint density at radius 2 is 1.95 bits per heavy atom. The van der Waals surface area contributed by atoms with Crippen molar-refractivity contribution in [3.63, 3.8) is 0 Å². The Labute approximate surface area is 118 Å². The first-order chi connectivity index (χ1) is 10.1. The summed E-state index contributed by atoms with van der Waals surface area (Å²) in [7, 11) is 0. The third-order valence-corrected chi connectivity index (χ3v) is 3.05. The van der Waals surface area contributed by atoms with Crippen LogP contribution in [0, 0.1) is 10.1 Å². The number of phenolic OH excluding ortho intramolecular Hbond substituents is 1. The number of nitrogens with one attached hydrogen (secondary N) is 1. The number of anilines is 1. The molecule has 7 heteroatoms. The fourth-order valence-corrected chi connectivity index (χ4v) is 2.05. The van der Waals surface area contributed by atoms with Crippen LogP contribution in [0.4, 0.5) is 17.1 Å². The monoisotopic (exact) mass is 283 g/mol. The summed E-state index contributed by atoms with van der Waals surface area (Å²) in [5.74, 6) is -0.646. The summed E-state index contributed by atoms with van der Waals surface area (Å²) in [6.07, 6.45) is 0. The second-order valence-corrected chi connectivity index (χ2v) is 4.39. The van der Waals surface area contributed by atoms with Gasteiger partial charge in [0.25, 0.3) is 11.6 Å². The molecule has 0 unspecified atom stereocenters. The molecule has 0 spiro atoms. The number of rotatable bonds is 2. The molecule has 0 aromatic heterocycles. The van der Waals surface area contributed by atoms with E-state index in [1.54, 1.807) is 24.3 Å². The maximum Gasteiger partial charge on any atom is 0.275 e. The molecule has 0 fully saturated rings. The molecule has 3 rings (SSSR count). The fraction of sp³-hybridized carbons (Fsp3) is 0. The van der Waals surface area contributed by atoms with Gasteiger partial charge in [-0.3, -0.25) is 14.9 Å². The number of carbonyl (C=O) groups is 1. The molecule has 1 heterocycles.